The summed E-state index contributed by atoms with van der Waals surface area (Å²) >= 11 is 0. The van der Waals surface area contributed by atoms with Gasteiger partial charge < -0.3 is 19.7 Å². The van der Waals surface area contributed by atoms with Gasteiger partial charge in [-0.05, 0) is 42.5 Å². The molecule has 7 nitrogen and oxygen atoms in total. The number of nitrogens with zero attached hydrogens (tertiary/aromatic N) is 2. The number of nitrogens with one attached hydrogen (secondary N) is 1. The lowest BCUT2D eigenvalue weighted by Gasteiger charge is -2.37. The number of rotatable bonds is 5. The Morgan fingerprint density at radius 2 is 2.15 bits per heavy atom. The Morgan fingerprint density at radius 1 is 1.33 bits per heavy atom. The molecular weight excluding hydrogens is 346 g/mol. The van der Waals surface area contributed by atoms with Crippen molar-refractivity contribution in [1.29, 1.82) is 5.26 Å². The maximum Gasteiger partial charge on any atom is 0.336 e. The van der Waals surface area contributed by atoms with Crippen molar-refractivity contribution in [3.05, 3.63) is 41.0 Å². The molecule has 0 spiro atoms. The van der Waals surface area contributed by atoms with Gasteiger partial charge in [-0.3, -0.25) is 0 Å². The Labute approximate surface area is 158 Å². The lowest BCUT2D eigenvalue weighted by atomic mass is 9.88. The summed E-state index contributed by atoms with van der Waals surface area (Å²) in [6.07, 6.45) is 2.10. The number of hydrogen-bond donors (Lipinski definition) is 1. The predicted octanol–water partition coefficient (Wildman–Crippen LogP) is 2.08. The summed E-state index contributed by atoms with van der Waals surface area (Å²) in [5.41, 5.74) is 2.76. The molecule has 2 bridgehead atoms. The third-order valence-electron chi connectivity index (χ3n) is 5.16. The van der Waals surface area contributed by atoms with Gasteiger partial charge in [-0.1, -0.05) is 12.1 Å². The van der Waals surface area contributed by atoms with Crippen molar-refractivity contribution in [3.63, 3.8) is 0 Å². The van der Waals surface area contributed by atoms with E-state index in [0.717, 1.165) is 17.6 Å². The topological polar surface area (TPSA) is 91.7 Å². The molecule has 2 aliphatic rings. The van der Waals surface area contributed by atoms with Crippen LogP contribution < -0.4 is 5.32 Å². The standard InChI is InChI=1S/C20H23N3O4/c1-26-9-8-22-20(25)23-15-6-7-17(23)18(19(24)27-2)16(11-15)14-5-3-4-13(10-14)12-21/h3-5,10,15,17H,6-9,11H2,1-2H3,(H,22,25). The van der Waals surface area contributed by atoms with Crippen LogP contribution in [0.1, 0.15) is 30.4 Å². The van der Waals surface area contributed by atoms with Crippen LogP contribution >= 0.6 is 0 Å². The summed E-state index contributed by atoms with van der Waals surface area (Å²) in [5.74, 6) is -0.424. The molecule has 2 amide bonds. The SMILES string of the molecule is COCCNC(=O)N1C2CCC1C(C(=O)OC)=C(c1cccc(C#N)c1)C2. The summed E-state index contributed by atoms with van der Waals surface area (Å²) in [7, 11) is 2.93. The smallest absolute Gasteiger partial charge is 0.336 e. The van der Waals surface area contributed by atoms with Crippen molar-refractivity contribution in [1.82, 2.24) is 10.2 Å². The highest BCUT2D eigenvalue weighted by Gasteiger charge is 2.46. The minimum absolute atomic E-state index is 0.0201. The monoisotopic (exact) mass is 369 g/mol. The van der Waals surface area contributed by atoms with Gasteiger partial charge in [-0.25, -0.2) is 9.59 Å². The summed E-state index contributed by atoms with van der Waals surface area (Å²) in [4.78, 5) is 27.0. The van der Waals surface area contributed by atoms with Crippen molar-refractivity contribution < 1.29 is 19.1 Å². The summed E-state index contributed by atoms with van der Waals surface area (Å²) in [5, 5.41) is 12.0. The Balaban J connectivity index is 1.97. The van der Waals surface area contributed by atoms with Gasteiger partial charge in [0.2, 0.25) is 0 Å². The van der Waals surface area contributed by atoms with Crippen molar-refractivity contribution in [2.75, 3.05) is 27.4 Å². The molecule has 2 heterocycles. The van der Waals surface area contributed by atoms with Gasteiger partial charge in [0.1, 0.15) is 0 Å². The normalized spacial score (nSPS) is 21.0. The number of ether oxygens (including phenoxy) is 2. The van der Waals surface area contributed by atoms with E-state index in [9.17, 15) is 14.9 Å². The first-order valence-corrected chi connectivity index (χ1v) is 8.97. The van der Waals surface area contributed by atoms with Gasteiger partial charge in [-0.2, -0.15) is 5.26 Å². The second-order valence-electron chi connectivity index (χ2n) is 6.66. The highest BCUT2D eigenvalue weighted by molar-refractivity contribution is 6.01. The van der Waals surface area contributed by atoms with Gasteiger partial charge in [0.05, 0.1) is 37.0 Å². The second kappa shape index (κ2) is 8.23. The van der Waals surface area contributed by atoms with E-state index in [-0.39, 0.29) is 18.1 Å². The maximum absolute atomic E-state index is 12.7. The molecule has 0 radical (unpaired) electrons. The van der Waals surface area contributed by atoms with Crippen molar-refractivity contribution in [2.24, 2.45) is 0 Å². The molecule has 0 aliphatic carbocycles. The van der Waals surface area contributed by atoms with Gasteiger partial charge in [0.15, 0.2) is 0 Å². The molecule has 2 atom stereocenters. The fourth-order valence-corrected chi connectivity index (χ4v) is 3.99. The molecule has 0 saturated carbocycles. The molecule has 1 aromatic rings. The van der Waals surface area contributed by atoms with Crippen LogP contribution in [0.3, 0.4) is 0 Å². The zero-order valence-electron chi connectivity index (χ0n) is 15.5. The number of amides is 2. The number of methoxy groups -OCH3 is 2. The number of nitriles is 1. The Morgan fingerprint density at radius 3 is 2.85 bits per heavy atom. The van der Waals surface area contributed by atoms with Gasteiger partial charge in [0, 0.05) is 19.7 Å². The van der Waals surface area contributed by atoms with Crippen LogP contribution in [0.25, 0.3) is 5.57 Å². The van der Waals surface area contributed by atoms with E-state index in [1.54, 1.807) is 24.1 Å². The van der Waals surface area contributed by atoms with E-state index in [1.165, 1.54) is 7.11 Å². The third-order valence-corrected chi connectivity index (χ3v) is 5.16. The van der Waals surface area contributed by atoms with E-state index in [2.05, 4.69) is 11.4 Å². The Hall–Kier alpha value is -2.85. The molecule has 2 aliphatic heterocycles. The summed E-state index contributed by atoms with van der Waals surface area (Å²) in [6, 6.07) is 8.86. The minimum atomic E-state index is -0.424. The molecule has 142 valence electrons. The Bertz CT molecular complexity index is 812. The Kier molecular flexibility index (Phi) is 5.77. The quantitative estimate of drug-likeness (QED) is 0.634. The van der Waals surface area contributed by atoms with Crippen LogP contribution in [0, 0.1) is 11.3 Å². The average molecular weight is 369 g/mol. The third kappa shape index (κ3) is 3.67. The first-order valence-electron chi connectivity index (χ1n) is 8.97. The molecule has 1 saturated heterocycles. The fourth-order valence-electron chi connectivity index (χ4n) is 3.99. The van der Waals surface area contributed by atoms with Crippen LogP contribution in [-0.4, -0.2) is 56.4 Å². The number of benzene rings is 1. The molecule has 1 N–H and O–H groups in total. The number of urea groups is 1. The number of carbonyl (C=O) groups is 2. The number of esters is 1. The second-order valence-corrected chi connectivity index (χ2v) is 6.66. The predicted molar refractivity (Wildman–Crippen MR) is 98.6 cm³/mol. The largest absolute Gasteiger partial charge is 0.466 e. The lowest BCUT2D eigenvalue weighted by molar-refractivity contribution is -0.136. The number of carbonyl (C=O) groups excluding carboxylic acids is 2. The molecule has 2 unspecified atom stereocenters. The fraction of sp³-hybridized carbons (Fsp3) is 0.450. The summed E-state index contributed by atoms with van der Waals surface area (Å²) < 4.78 is 10.0. The van der Waals surface area contributed by atoms with Crippen molar-refractivity contribution in [2.45, 2.75) is 31.3 Å². The lowest BCUT2D eigenvalue weighted by Crippen LogP contribution is -2.51. The van der Waals surface area contributed by atoms with E-state index in [4.69, 9.17) is 9.47 Å². The molecule has 1 aromatic carbocycles. The first kappa shape index (κ1) is 18.9. The maximum atomic E-state index is 12.7. The van der Waals surface area contributed by atoms with Crippen LogP contribution in [0.15, 0.2) is 29.8 Å². The van der Waals surface area contributed by atoms with Crippen LogP contribution in [0.4, 0.5) is 4.79 Å². The van der Waals surface area contributed by atoms with Crippen LogP contribution in [0.5, 0.6) is 0 Å². The van der Waals surface area contributed by atoms with Crippen LogP contribution in [0.2, 0.25) is 0 Å². The molecule has 3 rings (SSSR count). The first-order chi connectivity index (χ1) is 13.1. The average Bonchev–Trinajstić information content (AvgIpc) is 3.01. The number of fused-ring (bicyclic) bond motifs is 2. The highest BCUT2D eigenvalue weighted by atomic mass is 16.5. The van der Waals surface area contributed by atoms with E-state index < -0.39 is 5.97 Å². The minimum Gasteiger partial charge on any atom is -0.466 e. The number of hydrogen-bond acceptors (Lipinski definition) is 5. The van der Waals surface area contributed by atoms with E-state index >= 15 is 0 Å². The molecule has 1 fully saturated rings. The molecular formula is C20H23N3O4. The molecule has 0 aromatic heterocycles. The van der Waals surface area contributed by atoms with Crippen molar-refractivity contribution >= 4 is 17.6 Å². The molecule has 27 heavy (non-hydrogen) atoms. The summed E-state index contributed by atoms with van der Waals surface area (Å²) in [6.45, 7) is 0.848. The van der Waals surface area contributed by atoms with Crippen molar-refractivity contribution in [3.8, 4) is 6.07 Å². The zero-order chi connectivity index (χ0) is 19.4. The van der Waals surface area contributed by atoms with Gasteiger partial charge in [-0.15, -0.1) is 0 Å². The van der Waals surface area contributed by atoms with E-state index in [1.807, 2.05) is 12.1 Å². The van der Waals surface area contributed by atoms with Gasteiger partial charge in [0.25, 0.3) is 0 Å². The molecule has 7 heteroatoms. The highest BCUT2D eigenvalue weighted by Crippen LogP contribution is 2.43. The van der Waals surface area contributed by atoms with E-state index in [0.29, 0.717) is 37.1 Å². The van der Waals surface area contributed by atoms with Crippen LogP contribution in [-0.2, 0) is 14.3 Å². The zero-order valence-corrected chi connectivity index (χ0v) is 15.5. The van der Waals surface area contributed by atoms with Gasteiger partial charge >= 0.3 is 12.0 Å².